The Morgan fingerprint density at radius 2 is 2.38 bits per heavy atom. The summed E-state index contributed by atoms with van der Waals surface area (Å²) in [6.45, 7) is -2.74. The Kier molecular flexibility index (Phi) is 1.60. The number of amides is 1. The van der Waals surface area contributed by atoms with E-state index >= 15 is 0 Å². The summed E-state index contributed by atoms with van der Waals surface area (Å²) in [5.41, 5.74) is -0.0574. The fourth-order valence-electron chi connectivity index (χ4n) is 0.725. The molecule has 68 valence electrons. The Balaban J connectivity index is 2.77. The maximum Gasteiger partial charge on any atom is 0.354 e. The first kappa shape index (κ1) is 5.69. The minimum Gasteiger partial charge on any atom is -0.477 e. The van der Waals surface area contributed by atoms with Crippen LogP contribution >= 0.6 is 0 Å². The number of rotatable bonds is 2. The van der Waals surface area contributed by atoms with Crippen molar-refractivity contribution in [1.82, 2.24) is 4.98 Å². The summed E-state index contributed by atoms with van der Waals surface area (Å²) in [7, 11) is 0. The number of carboxylic acid groups (broad SMARTS) is 1. The van der Waals surface area contributed by atoms with E-state index in [9.17, 15) is 9.59 Å². The molecule has 0 fully saturated rings. The van der Waals surface area contributed by atoms with Crippen molar-refractivity contribution in [3.8, 4) is 0 Å². The molecule has 0 aliphatic carbocycles. The molecule has 5 nitrogen and oxygen atoms in total. The highest BCUT2D eigenvalue weighted by Crippen LogP contribution is 2.05. The van der Waals surface area contributed by atoms with Crippen LogP contribution in [-0.2, 0) is 4.79 Å². The number of aromatic carboxylic acids is 1. The molecule has 0 bridgehead atoms. The molecular formula is C8H8N2O3. The quantitative estimate of drug-likeness (QED) is 0.708. The SMILES string of the molecule is [2H]C([2H])([2H])C(=O)Nc1ccc(C(=O)O)nc1. The van der Waals surface area contributed by atoms with Gasteiger partial charge in [0.1, 0.15) is 5.69 Å². The smallest absolute Gasteiger partial charge is 0.354 e. The summed E-state index contributed by atoms with van der Waals surface area (Å²) in [4.78, 5) is 25.0. The summed E-state index contributed by atoms with van der Waals surface area (Å²) in [5, 5.41) is 10.6. The number of carboxylic acids is 1. The number of pyridine rings is 1. The van der Waals surface area contributed by atoms with Crippen molar-refractivity contribution in [3.05, 3.63) is 24.0 Å². The standard InChI is InChI=1S/C8H8N2O3/c1-5(11)10-6-2-3-7(8(12)13)9-4-6/h2-4H,1H3,(H,10,11)(H,12,13)/i1D3. The molecule has 0 aliphatic rings. The first-order valence-corrected chi connectivity index (χ1v) is 3.31. The summed E-state index contributed by atoms with van der Waals surface area (Å²) >= 11 is 0. The van der Waals surface area contributed by atoms with Gasteiger partial charge in [0, 0.05) is 11.0 Å². The highest BCUT2D eigenvalue weighted by Gasteiger charge is 2.03. The van der Waals surface area contributed by atoms with Gasteiger partial charge in [0.05, 0.1) is 11.9 Å². The molecule has 0 saturated carbocycles. The Labute approximate surface area is 78.6 Å². The zero-order valence-corrected chi connectivity index (χ0v) is 6.44. The second-order valence-electron chi connectivity index (χ2n) is 2.19. The average molecular weight is 183 g/mol. The highest BCUT2D eigenvalue weighted by molar-refractivity contribution is 5.89. The van der Waals surface area contributed by atoms with E-state index in [1.807, 2.05) is 0 Å². The second kappa shape index (κ2) is 3.66. The summed E-state index contributed by atoms with van der Waals surface area (Å²) in [6.07, 6.45) is 1.08. The van der Waals surface area contributed by atoms with Crippen LogP contribution in [0.4, 0.5) is 5.69 Å². The molecule has 0 aromatic carbocycles. The molecule has 0 saturated heterocycles. The van der Waals surface area contributed by atoms with Crippen molar-refractivity contribution < 1.29 is 18.8 Å². The Hall–Kier alpha value is -1.91. The molecule has 1 aromatic heterocycles. The molecule has 0 aliphatic heterocycles. The van der Waals surface area contributed by atoms with Crippen molar-refractivity contribution in [1.29, 1.82) is 0 Å². The summed E-state index contributed by atoms with van der Waals surface area (Å²) < 4.78 is 20.4. The van der Waals surface area contributed by atoms with Gasteiger partial charge in [-0.3, -0.25) is 4.79 Å². The number of carbonyl (C=O) groups excluding carboxylic acids is 1. The number of nitrogens with one attached hydrogen (secondary N) is 1. The molecule has 1 heterocycles. The first-order chi connectivity index (χ1) is 7.30. The molecule has 0 spiro atoms. The van der Waals surface area contributed by atoms with Crippen LogP contribution in [-0.4, -0.2) is 22.0 Å². The lowest BCUT2D eigenvalue weighted by Gasteiger charge is -2.00. The van der Waals surface area contributed by atoms with Crippen LogP contribution in [0.25, 0.3) is 0 Å². The van der Waals surface area contributed by atoms with Gasteiger partial charge in [0.25, 0.3) is 0 Å². The maximum absolute atomic E-state index is 11.0. The third-order valence-corrected chi connectivity index (χ3v) is 1.24. The molecule has 0 unspecified atom stereocenters. The van der Waals surface area contributed by atoms with Gasteiger partial charge >= 0.3 is 5.97 Å². The Morgan fingerprint density at radius 3 is 2.85 bits per heavy atom. The lowest BCUT2D eigenvalue weighted by molar-refractivity contribution is -0.114. The van der Waals surface area contributed by atoms with Gasteiger partial charge in [-0.25, -0.2) is 9.78 Å². The minimum atomic E-state index is -2.74. The van der Waals surface area contributed by atoms with Crippen molar-refractivity contribution >= 4 is 17.6 Å². The van der Waals surface area contributed by atoms with Gasteiger partial charge in [0.2, 0.25) is 5.91 Å². The second-order valence-corrected chi connectivity index (χ2v) is 2.19. The van der Waals surface area contributed by atoms with E-state index in [4.69, 9.17) is 9.22 Å². The van der Waals surface area contributed by atoms with E-state index in [2.05, 4.69) is 10.3 Å². The van der Waals surface area contributed by atoms with Crippen molar-refractivity contribution in [3.63, 3.8) is 0 Å². The van der Waals surface area contributed by atoms with E-state index in [1.54, 1.807) is 0 Å². The van der Waals surface area contributed by atoms with Crippen molar-refractivity contribution in [2.24, 2.45) is 0 Å². The predicted molar refractivity (Wildman–Crippen MR) is 45.5 cm³/mol. The van der Waals surface area contributed by atoms with Gasteiger partial charge in [-0.1, -0.05) is 0 Å². The number of carbonyl (C=O) groups is 2. The predicted octanol–water partition coefficient (Wildman–Crippen LogP) is 0.738. The maximum atomic E-state index is 11.0. The largest absolute Gasteiger partial charge is 0.477 e. The Morgan fingerprint density at radius 1 is 1.62 bits per heavy atom. The van der Waals surface area contributed by atoms with Crippen LogP contribution in [0.5, 0.6) is 0 Å². The molecule has 5 heteroatoms. The fraction of sp³-hybridized carbons (Fsp3) is 0.125. The lowest BCUT2D eigenvalue weighted by atomic mass is 10.3. The zero-order chi connectivity index (χ0) is 12.3. The molecule has 1 rings (SSSR count). The van der Waals surface area contributed by atoms with E-state index in [1.165, 1.54) is 6.07 Å². The topological polar surface area (TPSA) is 79.3 Å². The molecule has 2 N–H and O–H groups in total. The fourth-order valence-corrected chi connectivity index (χ4v) is 0.725. The third-order valence-electron chi connectivity index (χ3n) is 1.24. The molecular weight excluding hydrogens is 172 g/mol. The summed E-state index contributed by atoms with van der Waals surface area (Å²) in [5.74, 6) is -2.34. The molecule has 1 amide bonds. The van der Waals surface area contributed by atoms with E-state index < -0.39 is 18.7 Å². The van der Waals surface area contributed by atoms with Gasteiger partial charge in [-0.15, -0.1) is 0 Å². The monoisotopic (exact) mass is 183 g/mol. The highest BCUT2D eigenvalue weighted by atomic mass is 16.4. The molecule has 0 atom stereocenters. The minimum absolute atomic E-state index is 0.131. The molecule has 13 heavy (non-hydrogen) atoms. The van der Waals surface area contributed by atoms with Gasteiger partial charge in [-0.05, 0) is 12.1 Å². The van der Waals surface area contributed by atoms with Gasteiger partial charge in [-0.2, -0.15) is 0 Å². The zero-order valence-electron chi connectivity index (χ0n) is 9.44. The average Bonchev–Trinajstić information content (AvgIpc) is 2.17. The van der Waals surface area contributed by atoms with Gasteiger partial charge < -0.3 is 10.4 Å². The van der Waals surface area contributed by atoms with Crippen LogP contribution < -0.4 is 5.32 Å². The first-order valence-electron chi connectivity index (χ1n) is 4.81. The number of hydrogen-bond acceptors (Lipinski definition) is 3. The third kappa shape index (κ3) is 2.55. The number of anilines is 1. The van der Waals surface area contributed by atoms with Crippen LogP contribution in [0.1, 0.15) is 21.5 Å². The number of hydrogen-bond donors (Lipinski definition) is 2. The van der Waals surface area contributed by atoms with Crippen LogP contribution in [0.3, 0.4) is 0 Å². The van der Waals surface area contributed by atoms with Crippen molar-refractivity contribution in [2.45, 2.75) is 6.85 Å². The van der Waals surface area contributed by atoms with Crippen molar-refractivity contribution in [2.75, 3.05) is 5.32 Å². The van der Waals surface area contributed by atoms with Crippen LogP contribution in [0.15, 0.2) is 18.3 Å². The van der Waals surface area contributed by atoms with Crippen LogP contribution in [0, 0.1) is 0 Å². The van der Waals surface area contributed by atoms with Gasteiger partial charge in [0.15, 0.2) is 0 Å². The molecule has 0 radical (unpaired) electrons. The van der Waals surface area contributed by atoms with E-state index in [0.29, 0.717) is 0 Å². The summed E-state index contributed by atoms with van der Waals surface area (Å²) in [6, 6.07) is 2.43. The number of nitrogens with zero attached hydrogens (tertiary/aromatic N) is 1. The normalized spacial score (nSPS) is 13.7. The Bertz CT molecular complexity index is 414. The van der Waals surface area contributed by atoms with E-state index in [0.717, 1.165) is 12.3 Å². The lowest BCUT2D eigenvalue weighted by Crippen LogP contribution is -2.07. The number of aromatic nitrogens is 1. The molecule has 1 aromatic rings. The van der Waals surface area contributed by atoms with Crippen LogP contribution in [0.2, 0.25) is 0 Å². The van der Waals surface area contributed by atoms with E-state index in [-0.39, 0.29) is 11.4 Å².